The maximum absolute atomic E-state index is 12.2. The first-order valence-electron chi connectivity index (χ1n) is 4.26. The highest BCUT2D eigenvalue weighted by molar-refractivity contribution is 8.00. The summed E-state index contributed by atoms with van der Waals surface area (Å²) < 4.78 is 36.5. The summed E-state index contributed by atoms with van der Waals surface area (Å²) in [4.78, 5) is 3.93. The molecule has 0 aliphatic carbocycles. The average Bonchev–Trinajstić information content (AvgIpc) is 2.17. The fourth-order valence-electron chi connectivity index (χ4n) is 1.31. The second-order valence-electron chi connectivity index (χ2n) is 3.03. The van der Waals surface area contributed by atoms with E-state index >= 15 is 0 Å². The predicted octanol–water partition coefficient (Wildman–Crippen LogP) is 4.50. The molecule has 0 N–H and O–H groups in total. The van der Waals surface area contributed by atoms with Gasteiger partial charge in [-0.3, -0.25) is 0 Å². The number of thioether (sulfide) groups is 1. The van der Waals surface area contributed by atoms with Crippen molar-refractivity contribution in [1.29, 1.82) is 0 Å². The first kappa shape index (κ1) is 11.5. The molecule has 0 aliphatic heterocycles. The molecule has 2 rings (SSSR count). The molecule has 0 bridgehead atoms. The van der Waals surface area contributed by atoms with Gasteiger partial charge in [-0.05, 0) is 35.3 Å². The number of fused-ring (bicyclic) bond motifs is 1. The van der Waals surface area contributed by atoms with E-state index in [1.807, 2.05) is 0 Å². The van der Waals surface area contributed by atoms with Crippen LogP contribution >= 0.6 is 23.4 Å². The third kappa shape index (κ3) is 2.59. The molecule has 1 aromatic heterocycles. The molecule has 6 heteroatoms. The minimum atomic E-state index is -4.29. The summed E-state index contributed by atoms with van der Waals surface area (Å²) in [6, 6.07) is 6.10. The van der Waals surface area contributed by atoms with Gasteiger partial charge in [0.2, 0.25) is 0 Å². The van der Waals surface area contributed by atoms with Gasteiger partial charge in [0.15, 0.2) is 0 Å². The van der Waals surface area contributed by atoms with Gasteiger partial charge in [0.25, 0.3) is 0 Å². The molecule has 0 radical (unpaired) electrons. The van der Waals surface area contributed by atoms with Gasteiger partial charge in [-0.1, -0.05) is 17.7 Å². The SMILES string of the molecule is FC(F)(F)Sc1ccc2ccnc(Cl)c2c1. The summed E-state index contributed by atoms with van der Waals surface area (Å²) in [5, 5.41) is 1.51. The number of hydrogen-bond donors (Lipinski definition) is 0. The number of benzene rings is 1. The fraction of sp³-hybridized carbons (Fsp3) is 0.100. The lowest BCUT2D eigenvalue weighted by Crippen LogP contribution is -1.98. The van der Waals surface area contributed by atoms with E-state index in [1.54, 1.807) is 12.1 Å². The lowest BCUT2D eigenvalue weighted by Gasteiger charge is -2.06. The second-order valence-corrected chi connectivity index (χ2v) is 4.53. The van der Waals surface area contributed by atoms with Crippen LogP contribution in [0.2, 0.25) is 5.15 Å². The van der Waals surface area contributed by atoms with Gasteiger partial charge in [-0.15, -0.1) is 0 Å². The molecule has 0 unspecified atom stereocenters. The Morgan fingerprint density at radius 3 is 2.62 bits per heavy atom. The maximum Gasteiger partial charge on any atom is 0.446 e. The molecule has 0 atom stereocenters. The molecule has 2 aromatic rings. The van der Waals surface area contributed by atoms with Gasteiger partial charge in [0.1, 0.15) is 5.15 Å². The van der Waals surface area contributed by atoms with Crippen molar-refractivity contribution in [2.45, 2.75) is 10.4 Å². The average molecular weight is 264 g/mol. The van der Waals surface area contributed by atoms with Crippen molar-refractivity contribution in [2.24, 2.45) is 0 Å². The molecule has 1 nitrogen and oxygen atoms in total. The van der Waals surface area contributed by atoms with Crippen molar-refractivity contribution in [3.8, 4) is 0 Å². The van der Waals surface area contributed by atoms with Gasteiger partial charge in [-0.25, -0.2) is 4.98 Å². The molecule has 1 heterocycles. The third-order valence-corrected chi connectivity index (χ3v) is 2.94. The van der Waals surface area contributed by atoms with Crippen molar-refractivity contribution >= 4 is 34.1 Å². The summed E-state index contributed by atoms with van der Waals surface area (Å²) in [6.07, 6.45) is 1.52. The van der Waals surface area contributed by atoms with Crippen LogP contribution in [0.1, 0.15) is 0 Å². The Balaban J connectivity index is 2.47. The smallest absolute Gasteiger partial charge is 0.244 e. The number of pyridine rings is 1. The zero-order chi connectivity index (χ0) is 11.8. The molecule has 84 valence electrons. The Morgan fingerprint density at radius 1 is 1.19 bits per heavy atom. The lowest BCUT2D eigenvalue weighted by molar-refractivity contribution is -0.0328. The first-order chi connectivity index (χ1) is 7.46. The fourth-order valence-corrected chi connectivity index (χ4v) is 2.11. The highest BCUT2D eigenvalue weighted by atomic mass is 35.5. The minimum Gasteiger partial charge on any atom is -0.244 e. The van der Waals surface area contributed by atoms with Crippen LogP contribution in [0.3, 0.4) is 0 Å². The van der Waals surface area contributed by atoms with E-state index in [4.69, 9.17) is 11.6 Å². The van der Waals surface area contributed by atoms with Crippen LogP contribution in [0.4, 0.5) is 13.2 Å². The highest BCUT2D eigenvalue weighted by Crippen LogP contribution is 2.38. The summed E-state index contributed by atoms with van der Waals surface area (Å²) in [7, 11) is 0. The number of alkyl halides is 3. The summed E-state index contributed by atoms with van der Waals surface area (Å²) >= 11 is 5.64. The number of aromatic nitrogens is 1. The van der Waals surface area contributed by atoms with E-state index in [9.17, 15) is 13.2 Å². The summed E-state index contributed by atoms with van der Waals surface area (Å²) in [5.74, 6) is 0. The molecule has 16 heavy (non-hydrogen) atoms. The van der Waals surface area contributed by atoms with Crippen LogP contribution in [0.25, 0.3) is 10.8 Å². The molecular formula is C10H5ClF3NS. The molecule has 0 saturated carbocycles. The molecular weight excluding hydrogens is 259 g/mol. The van der Waals surface area contributed by atoms with E-state index < -0.39 is 5.51 Å². The molecule has 0 amide bonds. The monoisotopic (exact) mass is 263 g/mol. The summed E-state index contributed by atoms with van der Waals surface area (Å²) in [5.41, 5.74) is -4.29. The Morgan fingerprint density at radius 2 is 1.94 bits per heavy atom. The number of halogens is 4. The van der Waals surface area contributed by atoms with Crippen molar-refractivity contribution in [3.05, 3.63) is 35.6 Å². The van der Waals surface area contributed by atoms with Gasteiger partial charge in [0, 0.05) is 16.5 Å². The molecule has 1 aromatic carbocycles. The van der Waals surface area contributed by atoms with Crippen molar-refractivity contribution in [3.63, 3.8) is 0 Å². The molecule has 0 aliphatic rings. The zero-order valence-corrected chi connectivity index (χ0v) is 9.33. The number of rotatable bonds is 1. The van der Waals surface area contributed by atoms with Crippen molar-refractivity contribution in [2.75, 3.05) is 0 Å². The largest absolute Gasteiger partial charge is 0.446 e. The summed E-state index contributed by atoms with van der Waals surface area (Å²) in [6.45, 7) is 0. The van der Waals surface area contributed by atoms with E-state index in [0.29, 0.717) is 5.39 Å². The molecule has 0 spiro atoms. The van der Waals surface area contributed by atoms with E-state index in [0.717, 1.165) is 5.39 Å². The maximum atomic E-state index is 12.2. The Bertz CT molecular complexity index is 527. The van der Waals surface area contributed by atoms with Crippen LogP contribution in [0.5, 0.6) is 0 Å². The molecule has 0 saturated heterocycles. The van der Waals surface area contributed by atoms with Crippen molar-refractivity contribution in [1.82, 2.24) is 4.98 Å². The van der Waals surface area contributed by atoms with E-state index in [-0.39, 0.29) is 21.8 Å². The standard InChI is InChI=1S/C10H5ClF3NS/c11-9-8-5-7(16-10(12,13)14)2-1-6(8)3-4-15-9/h1-5H. The van der Waals surface area contributed by atoms with Crippen LogP contribution in [0, 0.1) is 0 Å². The Hall–Kier alpha value is -0.940. The quantitative estimate of drug-likeness (QED) is 0.555. The second kappa shape index (κ2) is 4.14. The highest BCUT2D eigenvalue weighted by Gasteiger charge is 2.29. The Kier molecular flexibility index (Phi) is 2.99. The van der Waals surface area contributed by atoms with Gasteiger partial charge >= 0.3 is 5.51 Å². The van der Waals surface area contributed by atoms with Crippen LogP contribution in [-0.2, 0) is 0 Å². The van der Waals surface area contributed by atoms with Crippen LogP contribution in [0.15, 0.2) is 35.4 Å². The van der Waals surface area contributed by atoms with Crippen LogP contribution < -0.4 is 0 Å². The minimum absolute atomic E-state index is 0.106. The third-order valence-electron chi connectivity index (χ3n) is 1.92. The number of nitrogens with zero attached hydrogens (tertiary/aromatic N) is 1. The van der Waals surface area contributed by atoms with Crippen LogP contribution in [-0.4, -0.2) is 10.5 Å². The van der Waals surface area contributed by atoms with Gasteiger partial charge in [-0.2, -0.15) is 13.2 Å². The van der Waals surface area contributed by atoms with E-state index in [1.165, 1.54) is 18.3 Å². The Labute approximate surface area is 98.6 Å². The zero-order valence-electron chi connectivity index (χ0n) is 7.75. The van der Waals surface area contributed by atoms with Gasteiger partial charge in [0.05, 0.1) is 0 Å². The molecule has 0 fully saturated rings. The number of hydrogen-bond acceptors (Lipinski definition) is 2. The van der Waals surface area contributed by atoms with E-state index in [2.05, 4.69) is 4.98 Å². The van der Waals surface area contributed by atoms with Gasteiger partial charge < -0.3 is 0 Å². The normalized spacial score (nSPS) is 12.0. The lowest BCUT2D eigenvalue weighted by atomic mass is 10.2. The predicted molar refractivity (Wildman–Crippen MR) is 58.7 cm³/mol. The topological polar surface area (TPSA) is 12.9 Å². The van der Waals surface area contributed by atoms with Crippen molar-refractivity contribution < 1.29 is 13.2 Å². The first-order valence-corrected chi connectivity index (χ1v) is 5.45.